The Labute approximate surface area is 93.8 Å². The molecule has 0 aromatic heterocycles. The largest absolute Gasteiger partial charge is 0.309 e. The summed E-state index contributed by atoms with van der Waals surface area (Å²) in [6, 6.07) is 7.55. The van der Waals surface area contributed by atoms with Gasteiger partial charge in [0.15, 0.2) is 0 Å². The Morgan fingerprint density at radius 1 is 1.20 bits per heavy atom. The van der Waals surface area contributed by atoms with Crippen LogP contribution in [0.25, 0.3) is 0 Å². The molecule has 1 atom stereocenters. The molecule has 2 nitrogen and oxygen atoms in total. The van der Waals surface area contributed by atoms with Crippen LogP contribution in [0.4, 0.5) is 0 Å². The fraction of sp³-hybridized carbons (Fsp3) is 0.333. The smallest absolute Gasteiger partial charge is 0.139 e. The van der Waals surface area contributed by atoms with E-state index in [0.717, 1.165) is 5.56 Å². The molecule has 0 radical (unpaired) electrons. The number of carbonyl (C=O) groups excluding carboxylic acids is 1. The van der Waals surface area contributed by atoms with Crippen molar-refractivity contribution >= 4 is 23.1 Å². The van der Waals surface area contributed by atoms with Gasteiger partial charge in [-0.1, -0.05) is 23.7 Å². The van der Waals surface area contributed by atoms with Gasteiger partial charge in [0.05, 0.1) is 0 Å². The highest BCUT2D eigenvalue weighted by Crippen LogP contribution is 2.29. The van der Waals surface area contributed by atoms with Crippen LogP contribution in [-0.2, 0) is 4.79 Å². The van der Waals surface area contributed by atoms with Gasteiger partial charge in [0.1, 0.15) is 5.78 Å². The maximum atomic E-state index is 11.4. The fourth-order valence-electron chi connectivity index (χ4n) is 2.00. The Hall–Kier alpha value is -1.15. The molecule has 3 heteroatoms. The SMILES string of the molecule is N=C1CC(=O)C[C@H](c2ccc(Cl)cc2)C1. The number of hydrogen-bond donors (Lipinski definition) is 1. The molecule has 1 aromatic carbocycles. The van der Waals surface area contributed by atoms with Crippen molar-refractivity contribution in [1.82, 2.24) is 0 Å². The first-order valence-corrected chi connectivity index (χ1v) is 5.36. The number of rotatable bonds is 1. The predicted octanol–water partition coefficient (Wildman–Crippen LogP) is 3.20. The Morgan fingerprint density at radius 3 is 2.47 bits per heavy atom. The Balaban J connectivity index is 2.19. The van der Waals surface area contributed by atoms with Crippen molar-refractivity contribution in [3.63, 3.8) is 0 Å². The zero-order valence-corrected chi connectivity index (χ0v) is 9.05. The minimum atomic E-state index is 0.172. The molecule has 1 aromatic rings. The van der Waals surface area contributed by atoms with Crippen LogP contribution in [0.15, 0.2) is 24.3 Å². The third-order valence-electron chi connectivity index (χ3n) is 2.72. The second-order valence-electron chi connectivity index (χ2n) is 3.98. The van der Waals surface area contributed by atoms with Crippen molar-refractivity contribution in [2.24, 2.45) is 0 Å². The number of Topliss-reactive ketones (excluding diaryl/α,β-unsaturated/α-hetero) is 1. The van der Waals surface area contributed by atoms with E-state index in [-0.39, 0.29) is 11.7 Å². The van der Waals surface area contributed by atoms with E-state index in [2.05, 4.69) is 0 Å². The summed E-state index contributed by atoms with van der Waals surface area (Å²) in [5, 5.41) is 8.30. The van der Waals surface area contributed by atoms with Gasteiger partial charge >= 0.3 is 0 Å². The number of benzene rings is 1. The maximum absolute atomic E-state index is 11.4. The summed E-state index contributed by atoms with van der Waals surface area (Å²) >= 11 is 5.80. The van der Waals surface area contributed by atoms with Gasteiger partial charge in [-0.05, 0) is 30.0 Å². The van der Waals surface area contributed by atoms with E-state index in [1.165, 1.54) is 0 Å². The lowest BCUT2D eigenvalue weighted by molar-refractivity contribution is -0.118. The van der Waals surface area contributed by atoms with Crippen LogP contribution in [0.5, 0.6) is 0 Å². The zero-order chi connectivity index (χ0) is 10.8. The number of carbonyl (C=O) groups is 1. The molecule has 1 aliphatic rings. The first-order valence-electron chi connectivity index (χ1n) is 4.98. The number of ketones is 1. The molecular weight excluding hydrogens is 210 g/mol. The third kappa shape index (κ3) is 2.45. The van der Waals surface area contributed by atoms with E-state index in [9.17, 15) is 4.79 Å². The Bertz CT molecular complexity index is 381. The first kappa shape index (κ1) is 10.4. The van der Waals surface area contributed by atoms with Crippen molar-refractivity contribution < 1.29 is 4.79 Å². The van der Waals surface area contributed by atoms with E-state index >= 15 is 0 Å². The molecule has 2 rings (SSSR count). The van der Waals surface area contributed by atoms with Crippen LogP contribution in [0, 0.1) is 5.41 Å². The van der Waals surface area contributed by atoms with Gasteiger partial charge in [0.25, 0.3) is 0 Å². The van der Waals surface area contributed by atoms with Crippen LogP contribution in [0.3, 0.4) is 0 Å². The molecular formula is C12H12ClNO. The van der Waals surface area contributed by atoms with Gasteiger partial charge in [-0.15, -0.1) is 0 Å². The highest BCUT2D eigenvalue weighted by molar-refractivity contribution is 6.30. The molecule has 0 bridgehead atoms. The second kappa shape index (κ2) is 4.15. The van der Waals surface area contributed by atoms with Crippen molar-refractivity contribution in [1.29, 1.82) is 5.41 Å². The average Bonchev–Trinajstić information content (AvgIpc) is 2.17. The molecule has 1 N–H and O–H groups in total. The summed E-state index contributed by atoms with van der Waals surface area (Å²) in [5.74, 6) is 0.349. The topological polar surface area (TPSA) is 40.9 Å². The summed E-state index contributed by atoms with van der Waals surface area (Å²) < 4.78 is 0. The van der Waals surface area contributed by atoms with E-state index in [4.69, 9.17) is 17.0 Å². The highest BCUT2D eigenvalue weighted by atomic mass is 35.5. The first-order chi connectivity index (χ1) is 7.15. The molecule has 0 heterocycles. The van der Waals surface area contributed by atoms with E-state index in [1.807, 2.05) is 24.3 Å². The van der Waals surface area contributed by atoms with Gasteiger partial charge in [0, 0.05) is 23.6 Å². The van der Waals surface area contributed by atoms with Gasteiger partial charge in [-0.3, -0.25) is 4.79 Å². The third-order valence-corrected chi connectivity index (χ3v) is 2.97. The molecule has 1 aliphatic carbocycles. The molecule has 0 unspecified atom stereocenters. The molecule has 0 spiro atoms. The molecule has 0 saturated heterocycles. The summed E-state index contributed by atoms with van der Waals surface area (Å²) in [7, 11) is 0. The summed E-state index contributed by atoms with van der Waals surface area (Å²) in [5.41, 5.74) is 1.66. The van der Waals surface area contributed by atoms with Crippen molar-refractivity contribution in [2.75, 3.05) is 0 Å². The van der Waals surface area contributed by atoms with Crippen LogP contribution >= 0.6 is 11.6 Å². The lowest BCUT2D eigenvalue weighted by atomic mass is 9.82. The predicted molar refractivity (Wildman–Crippen MR) is 60.8 cm³/mol. The van der Waals surface area contributed by atoms with Crippen molar-refractivity contribution in [3.8, 4) is 0 Å². The van der Waals surface area contributed by atoms with E-state index in [0.29, 0.717) is 30.0 Å². The maximum Gasteiger partial charge on any atom is 0.139 e. The highest BCUT2D eigenvalue weighted by Gasteiger charge is 2.24. The second-order valence-corrected chi connectivity index (χ2v) is 4.41. The van der Waals surface area contributed by atoms with Crippen LogP contribution in [-0.4, -0.2) is 11.5 Å². The summed E-state index contributed by atoms with van der Waals surface area (Å²) in [4.78, 5) is 11.4. The number of hydrogen-bond acceptors (Lipinski definition) is 2. The average molecular weight is 222 g/mol. The summed E-state index contributed by atoms with van der Waals surface area (Å²) in [6.07, 6.45) is 1.60. The fourth-order valence-corrected chi connectivity index (χ4v) is 2.12. The molecule has 1 fully saturated rings. The van der Waals surface area contributed by atoms with Gasteiger partial charge < -0.3 is 5.41 Å². The normalized spacial score (nSPS) is 21.8. The molecule has 0 aliphatic heterocycles. The Kier molecular flexibility index (Phi) is 2.87. The van der Waals surface area contributed by atoms with Gasteiger partial charge in [0.2, 0.25) is 0 Å². The number of nitrogens with one attached hydrogen (secondary N) is 1. The minimum Gasteiger partial charge on any atom is -0.309 e. The lowest BCUT2D eigenvalue weighted by Crippen LogP contribution is -2.20. The van der Waals surface area contributed by atoms with Crippen LogP contribution < -0.4 is 0 Å². The van der Waals surface area contributed by atoms with E-state index in [1.54, 1.807) is 0 Å². The quantitative estimate of drug-likeness (QED) is 0.778. The van der Waals surface area contributed by atoms with Crippen molar-refractivity contribution in [3.05, 3.63) is 34.9 Å². The lowest BCUT2D eigenvalue weighted by Gasteiger charge is -2.21. The Morgan fingerprint density at radius 2 is 1.87 bits per heavy atom. The van der Waals surface area contributed by atoms with Crippen LogP contribution in [0.1, 0.15) is 30.7 Å². The molecule has 1 saturated carbocycles. The van der Waals surface area contributed by atoms with Crippen molar-refractivity contribution in [2.45, 2.75) is 25.2 Å². The van der Waals surface area contributed by atoms with Gasteiger partial charge in [-0.2, -0.15) is 0 Å². The monoisotopic (exact) mass is 221 g/mol. The van der Waals surface area contributed by atoms with E-state index < -0.39 is 0 Å². The number of halogens is 1. The minimum absolute atomic E-state index is 0.172. The standard InChI is InChI=1S/C12H12ClNO/c13-10-3-1-8(2-4-10)9-5-11(14)7-12(15)6-9/h1-4,9,14H,5-7H2/t9-/m1/s1. The molecule has 0 amide bonds. The molecule has 78 valence electrons. The zero-order valence-electron chi connectivity index (χ0n) is 8.29. The molecule has 15 heavy (non-hydrogen) atoms. The van der Waals surface area contributed by atoms with Gasteiger partial charge in [-0.25, -0.2) is 0 Å². The van der Waals surface area contributed by atoms with Crippen LogP contribution in [0.2, 0.25) is 5.02 Å². The summed E-state index contributed by atoms with van der Waals surface area (Å²) in [6.45, 7) is 0.